The molecule has 5 heteroatoms. The highest BCUT2D eigenvalue weighted by Gasteiger charge is 2.46. The molecule has 23 heavy (non-hydrogen) atoms. The third-order valence-electron chi connectivity index (χ3n) is 4.72. The number of aliphatic hydroxyl groups is 1. The minimum absolute atomic E-state index is 0.0156. The van der Waals surface area contributed by atoms with Gasteiger partial charge in [-0.05, 0) is 18.4 Å². The molecule has 1 fully saturated rings. The van der Waals surface area contributed by atoms with Crippen LogP contribution in [0.15, 0.2) is 49.1 Å². The van der Waals surface area contributed by atoms with Crippen LogP contribution in [0, 0.1) is 5.92 Å². The van der Waals surface area contributed by atoms with Crippen LogP contribution in [-0.2, 0) is 16.9 Å². The fourth-order valence-corrected chi connectivity index (χ4v) is 3.44. The van der Waals surface area contributed by atoms with Gasteiger partial charge >= 0.3 is 0 Å². The largest absolute Gasteiger partial charge is 0.375 e. The van der Waals surface area contributed by atoms with Crippen LogP contribution in [0.1, 0.15) is 31.2 Å². The van der Waals surface area contributed by atoms with Gasteiger partial charge in [-0.15, -0.1) is 0 Å². The maximum Gasteiger partial charge on any atom is 0.256 e. The summed E-state index contributed by atoms with van der Waals surface area (Å²) in [6, 6.07) is 9.32. The van der Waals surface area contributed by atoms with Crippen molar-refractivity contribution in [1.82, 2.24) is 14.9 Å². The maximum absolute atomic E-state index is 12.8. The lowest BCUT2D eigenvalue weighted by Gasteiger charge is -2.33. The van der Waals surface area contributed by atoms with Crippen molar-refractivity contribution in [3.05, 3.63) is 54.6 Å². The zero-order chi connectivity index (χ0) is 16.1. The monoisotopic (exact) mass is 313 g/mol. The smallest absolute Gasteiger partial charge is 0.256 e. The molecule has 3 rings (SSSR count). The molecule has 122 valence electrons. The van der Waals surface area contributed by atoms with E-state index in [1.807, 2.05) is 41.1 Å². The van der Waals surface area contributed by atoms with E-state index in [-0.39, 0.29) is 11.8 Å². The van der Waals surface area contributed by atoms with Gasteiger partial charge in [-0.25, -0.2) is 4.98 Å². The van der Waals surface area contributed by atoms with Crippen LogP contribution in [0.2, 0.25) is 0 Å². The molecule has 0 spiro atoms. The molecule has 1 heterocycles. The summed E-state index contributed by atoms with van der Waals surface area (Å²) in [5, 5.41) is 14.2. The molecule has 0 bridgehead atoms. The molecule has 0 aliphatic heterocycles. The first-order chi connectivity index (χ1) is 11.2. The van der Waals surface area contributed by atoms with Crippen molar-refractivity contribution in [2.45, 2.75) is 37.8 Å². The molecule has 1 aliphatic carbocycles. The van der Waals surface area contributed by atoms with Gasteiger partial charge in [0.2, 0.25) is 0 Å². The molecule has 2 aromatic rings. The van der Waals surface area contributed by atoms with E-state index in [0.717, 1.165) is 25.7 Å². The average molecular weight is 313 g/mol. The minimum atomic E-state index is -1.44. The van der Waals surface area contributed by atoms with Gasteiger partial charge in [0.25, 0.3) is 5.91 Å². The number of carbonyl (C=O) groups is 1. The number of amides is 1. The van der Waals surface area contributed by atoms with E-state index in [4.69, 9.17) is 0 Å². The summed E-state index contributed by atoms with van der Waals surface area (Å²) in [7, 11) is 0. The number of imidazole rings is 1. The van der Waals surface area contributed by atoms with Crippen LogP contribution in [0.5, 0.6) is 0 Å². The molecule has 1 saturated carbocycles. The van der Waals surface area contributed by atoms with E-state index < -0.39 is 5.60 Å². The molecule has 5 nitrogen and oxygen atoms in total. The third kappa shape index (κ3) is 3.29. The topological polar surface area (TPSA) is 67.2 Å². The Morgan fingerprint density at radius 2 is 2.04 bits per heavy atom. The lowest BCUT2D eigenvalue weighted by Crippen LogP contribution is -2.49. The van der Waals surface area contributed by atoms with Crippen LogP contribution in [0.25, 0.3) is 0 Å². The molecular weight excluding hydrogens is 290 g/mol. The van der Waals surface area contributed by atoms with Gasteiger partial charge in [-0.3, -0.25) is 4.79 Å². The summed E-state index contributed by atoms with van der Waals surface area (Å²) in [5.74, 6) is -0.311. The average Bonchev–Trinajstić information content (AvgIpc) is 3.28. The van der Waals surface area contributed by atoms with Crippen molar-refractivity contribution in [1.29, 1.82) is 0 Å². The van der Waals surface area contributed by atoms with Crippen LogP contribution in [0.3, 0.4) is 0 Å². The number of carbonyl (C=O) groups excluding carboxylic acids is 1. The molecule has 2 N–H and O–H groups in total. The van der Waals surface area contributed by atoms with Crippen molar-refractivity contribution in [3.63, 3.8) is 0 Å². The Kier molecular flexibility index (Phi) is 4.76. The van der Waals surface area contributed by atoms with Crippen molar-refractivity contribution in [2.24, 2.45) is 5.92 Å². The summed E-state index contributed by atoms with van der Waals surface area (Å²) in [5.41, 5.74) is -0.751. The van der Waals surface area contributed by atoms with Crippen molar-refractivity contribution in [2.75, 3.05) is 6.54 Å². The van der Waals surface area contributed by atoms with E-state index in [0.29, 0.717) is 18.7 Å². The van der Waals surface area contributed by atoms with Crippen molar-refractivity contribution in [3.8, 4) is 0 Å². The van der Waals surface area contributed by atoms with Gasteiger partial charge < -0.3 is 15.0 Å². The highest BCUT2D eigenvalue weighted by atomic mass is 16.3. The normalized spacial score (nSPS) is 17.8. The highest BCUT2D eigenvalue weighted by molar-refractivity contribution is 5.86. The van der Waals surface area contributed by atoms with Gasteiger partial charge in [0, 0.05) is 31.4 Å². The number of hydrogen-bond donors (Lipinski definition) is 2. The Balaban J connectivity index is 1.73. The highest BCUT2D eigenvalue weighted by Crippen LogP contribution is 2.40. The van der Waals surface area contributed by atoms with Crippen LogP contribution in [-0.4, -0.2) is 27.1 Å². The minimum Gasteiger partial charge on any atom is -0.375 e. The maximum atomic E-state index is 12.8. The first-order valence-corrected chi connectivity index (χ1v) is 8.23. The van der Waals surface area contributed by atoms with E-state index in [1.165, 1.54) is 0 Å². The third-order valence-corrected chi connectivity index (χ3v) is 4.72. The number of aromatic nitrogens is 2. The van der Waals surface area contributed by atoms with Crippen molar-refractivity contribution < 1.29 is 9.90 Å². The number of nitrogens with one attached hydrogen (secondary N) is 1. The summed E-state index contributed by atoms with van der Waals surface area (Å²) in [6.45, 7) is 1.11. The van der Waals surface area contributed by atoms with E-state index in [9.17, 15) is 9.90 Å². The standard InChI is InChI=1S/C18H23N3O2/c22-17(20-11-13-21-12-10-19-14-21)18(23,16-8-4-5-9-16)15-6-2-1-3-7-15/h1-3,6-7,10,12,14,16,23H,4-5,8-9,11,13H2,(H,20,22). The molecular formula is C18H23N3O2. The zero-order valence-corrected chi connectivity index (χ0v) is 13.2. The Labute approximate surface area is 136 Å². The SMILES string of the molecule is O=C(NCCn1ccnc1)C(O)(c1ccccc1)C1CCCC1. The lowest BCUT2D eigenvalue weighted by atomic mass is 9.79. The van der Waals surface area contributed by atoms with Gasteiger partial charge in [0.1, 0.15) is 0 Å². The summed E-state index contributed by atoms with van der Waals surface area (Å²) in [6.07, 6.45) is 9.20. The number of rotatable bonds is 6. The van der Waals surface area contributed by atoms with Gasteiger partial charge in [-0.1, -0.05) is 43.2 Å². The fraction of sp³-hybridized carbons (Fsp3) is 0.444. The second-order valence-corrected chi connectivity index (χ2v) is 6.17. The summed E-state index contributed by atoms with van der Waals surface area (Å²) >= 11 is 0. The number of nitrogens with zero attached hydrogens (tertiary/aromatic N) is 2. The molecule has 0 saturated heterocycles. The first-order valence-electron chi connectivity index (χ1n) is 8.23. The Bertz CT molecular complexity index is 621. The molecule has 0 radical (unpaired) electrons. The molecule has 1 unspecified atom stereocenters. The number of benzene rings is 1. The molecule has 1 aromatic carbocycles. The van der Waals surface area contributed by atoms with Crippen LogP contribution in [0.4, 0.5) is 0 Å². The van der Waals surface area contributed by atoms with Crippen LogP contribution < -0.4 is 5.32 Å². The van der Waals surface area contributed by atoms with Crippen LogP contribution >= 0.6 is 0 Å². The zero-order valence-electron chi connectivity index (χ0n) is 13.2. The Hall–Kier alpha value is -2.14. The molecule has 1 atom stereocenters. The fourth-order valence-electron chi connectivity index (χ4n) is 3.44. The summed E-state index contributed by atoms with van der Waals surface area (Å²) < 4.78 is 1.90. The number of hydrogen-bond acceptors (Lipinski definition) is 3. The van der Waals surface area contributed by atoms with Gasteiger partial charge in [0.05, 0.1) is 6.33 Å². The van der Waals surface area contributed by atoms with E-state index in [2.05, 4.69) is 10.3 Å². The summed E-state index contributed by atoms with van der Waals surface area (Å²) in [4.78, 5) is 16.8. The Morgan fingerprint density at radius 1 is 1.30 bits per heavy atom. The van der Waals surface area contributed by atoms with Crippen molar-refractivity contribution >= 4 is 5.91 Å². The van der Waals surface area contributed by atoms with E-state index >= 15 is 0 Å². The first kappa shape index (κ1) is 15.7. The predicted octanol–water partition coefficient (Wildman–Crippen LogP) is 2.08. The second kappa shape index (κ2) is 6.96. The Morgan fingerprint density at radius 3 is 2.70 bits per heavy atom. The molecule has 1 amide bonds. The quantitative estimate of drug-likeness (QED) is 0.858. The predicted molar refractivity (Wildman–Crippen MR) is 87.5 cm³/mol. The molecule has 1 aromatic heterocycles. The second-order valence-electron chi connectivity index (χ2n) is 6.17. The van der Waals surface area contributed by atoms with Gasteiger partial charge in [0.15, 0.2) is 5.60 Å². The van der Waals surface area contributed by atoms with E-state index in [1.54, 1.807) is 12.5 Å². The van der Waals surface area contributed by atoms with Gasteiger partial charge in [-0.2, -0.15) is 0 Å². The lowest BCUT2D eigenvalue weighted by molar-refractivity contribution is -0.147. The molecule has 1 aliphatic rings.